The van der Waals surface area contributed by atoms with E-state index in [9.17, 15) is 0 Å². The number of hydrogen-bond acceptors (Lipinski definition) is 6. The van der Waals surface area contributed by atoms with Gasteiger partial charge in [-0.3, -0.25) is 0 Å². The molecule has 0 saturated heterocycles. The molecule has 2 heterocycles. The van der Waals surface area contributed by atoms with Crippen LogP contribution >= 0.6 is 11.3 Å². The molecule has 3 aromatic rings. The number of para-hydroxylation sites is 2. The third kappa shape index (κ3) is 3.98. The van der Waals surface area contributed by atoms with E-state index in [0.717, 1.165) is 22.1 Å². The van der Waals surface area contributed by atoms with Gasteiger partial charge in [-0.1, -0.05) is 18.2 Å². The minimum atomic E-state index is 0.493. The molecular formula is C17H17N3O2S. The summed E-state index contributed by atoms with van der Waals surface area (Å²) in [4.78, 5) is 9.86. The third-order valence-electron chi connectivity index (χ3n) is 3.14. The van der Waals surface area contributed by atoms with Crippen LogP contribution in [0.4, 0.5) is 5.95 Å². The summed E-state index contributed by atoms with van der Waals surface area (Å²) in [7, 11) is 1.63. The fourth-order valence-electron chi connectivity index (χ4n) is 2.07. The van der Waals surface area contributed by atoms with Crippen molar-refractivity contribution < 1.29 is 9.47 Å². The summed E-state index contributed by atoms with van der Waals surface area (Å²) in [5.74, 6) is 2.05. The van der Waals surface area contributed by atoms with E-state index < -0.39 is 0 Å². The third-order valence-corrected chi connectivity index (χ3v) is 4.03. The normalized spacial score (nSPS) is 10.3. The highest BCUT2D eigenvalue weighted by atomic mass is 32.1. The smallest absolute Gasteiger partial charge is 0.223 e. The number of anilines is 1. The van der Waals surface area contributed by atoms with Crippen LogP contribution in [0.2, 0.25) is 0 Å². The van der Waals surface area contributed by atoms with Gasteiger partial charge in [-0.05, 0) is 29.6 Å². The molecule has 0 amide bonds. The Morgan fingerprint density at radius 1 is 1.09 bits per heavy atom. The van der Waals surface area contributed by atoms with Crippen molar-refractivity contribution in [3.63, 3.8) is 0 Å². The van der Waals surface area contributed by atoms with Gasteiger partial charge in [-0.25, -0.2) is 9.97 Å². The average Bonchev–Trinajstić information content (AvgIpc) is 3.14. The van der Waals surface area contributed by atoms with E-state index in [2.05, 4.69) is 15.3 Å². The lowest BCUT2D eigenvalue weighted by molar-refractivity contribution is 0.305. The van der Waals surface area contributed by atoms with E-state index in [1.807, 2.05) is 47.8 Å². The van der Waals surface area contributed by atoms with Crippen LogP contribution in [0.25, 0.3) is 10.6 Å². The van der Waals surface area contributed by atoms with Gasteiger partial charge < -0.3 is 14.8 Å². The lowest BCUT2D eigenvalue weighted by atomic mass is 10.3. The maximum absolute atomic E-state index is 5.71. The second-order valence-electron chi connectivity index (χ2n) is 4.67. The van der Waals surface area contributed by atoms with Gasteiger partial charge in [0.2, 0.25) is 5.95 Å². The van der Waals surface area contributed by atoms with Crippen molar-refractivity contribution >= 4 is 17.3 Å². The van der Waals surface area contributed by atoms with Gasteiger partial charge in [-0.15, -0.1) is 11.3 Å². The first-order chi connectivity index (χ1) is 11.4. The Morgan fingerprint density at radius 3 is 2.74 bits per heavy atom. The van der Waals surface area contributed by atoms with Gasteiger partial charge in [0, 0.05) is 6.20 Å². The number of aromatic nitrogens is 2. The summed E-state index contributed by atoms with van der Waals surface area (Å²) in [6.45, 7) is 1.10. The fourth-order valence-corrected chi connectivity index (χ4v) is 2.76. The van der Waals surface area contributed by atoms with Crippen molar-refractivity contribution in [2.24, 2.45) is 0 Å². The predicted octanol–water partition coefficient (Wildman–Crippen LogP) is 3.70. The molecule has 6 heteroatoms. The molecule has 0 aliphatic heterocycles. The maximum Gasteiger partial charge on any atom is 0.223 e. The largest absolute Gasteiger partial charge is 0.493 e. The summed E-state index contributed by atoms with van der Waals surface area (Å²) < 4.78 is 11.0. The van der Waals surface area contributed by atoms with Crippen LogP contribution in [0.15, 0.2) is 54.0 Å². The summed E-state index contributed by atoms with van der Waals surface area (Å²) in [5, 5.41) is 5.20. The van der Waals surface area contributed by atoms with Crippen molar-refractivity contribution in [3.05, 3.63) is 54.0 Å². The average molecular weight is 327 g/mol. The number of benzene rings is 1. The minimum absolute atomic E-state index is 0.493. The van der Waals surface area contributed by atoms with Crippen molar-refractivity contribution in [2.45, 2.75) is 0 Å². The molecule has 0 spiro atoms. The van der Waals surface area contributed by atoms with Gasteiger partial charge >= 0.3 is 0 Å². The molecule has 0 fully saturated rings. The van der Waals surface area contributed by atoms with Crippen LogP contribution in [0.1, 0.15) is 0 Å². The number of rotatable bonds is 7. The summed E-state index contributed by atoms with van der Waals surface area (Å²) in [5.41, 5.74) is 0.920. The van der Waals surface area contributed by atoms with Crippen LogP contribution in [0, 0.1) is 0 Å². The van der Waals surface area contributed by atoms with Crippen molar-refractivity contribution in [1.29, 1.82) is 0 Å². The number of nitrogens with zero attached hydrogens (tertiary/aromatic N) is 2. The SMILES string of the molecule is COc1ccccc1OCCNc1nccc(-c2cccs2)n1. The number of nitrogens with one attached hydrogen (secondary N) is 1. The van der Waals surface area contributed by atoms with Crippen LogP contribution in [-0.2, 0) is 0 Å². The van der Waals surface area contributed by atoms with E-state index in [0.29, 0.717) is 19.1 Å². The molecule has 0 unspecified atom stereocenters. The maximum atomic E-state index is 5.71. The van der Waals surface area contributed by atoms with Gasteiger partial charge in [0.1, 0.15) is 6.61 Å². The molecular weight excluding hydrogens is 310 g/mol. The highest BCUT2D eigenvalue weighted by Gasteiger charge is 2.04. The quantitative estimate of drug-likeness (QED) is 0.671. The van der Waals surface area contributed by atoms with E-state index in [1.54, 1.807) is 24.6 Å². The van der Waals surface area contributed by atoms with Crippen molar-refractivity contribution in [1.82, 2.24) is 9.97 Å². The topological polar surface area (TPSA) is 56.3 Å². The Labute approximate surface area is 138 Å². The van der Waals surface area contributed by atoms with Crippen molar-refractivity contribution in [2.75, 3.05) is 25.6 Å². The second-order valence-corrected chi connectivity index (χ2v) is 5.62. The number of ether oxygens (including phenoxy) is 2. The van der Waals surface area contributed by atoms with Crippen LogP contribution in [-0.4, -0.2) is 30.2 Å². The van der Waals surface area contributed by atoms with E-state index in [4.69, 9.17) is 9.47 Å². The summed E-state index contributed by atoms with van der Waals surface area (Å²) in [6.07, 6.45) is 1.76. The van der Waals surface area contributed by atoms with Gasteiger partial charge in [0.25, 0.3) is 0 Å². The first-order valence-electron chi connectivity index (χ1n) is 7.23. The molecule has 1 aromatic carbocycles. The van der Waals surface area contributed by atoms with Crippen LogP contribution in [0.3, 0.4) is 0 Å². The minimum Gasteiger partial charge on any atom is -0.493 e. The molecule has 0 aliphatic carbocycles. The van der Waals surface area contributed by atoms with Crippen LogP contribution in [0.5, 0.6) is 11.5 Å². The Hall–Kier alpha value is -2.60. The number of methoxy groups -OCH3 is 1. The molecule has 0 saturated carbocycles. The zero-order valence-electron chi connectivity index (χ0n) is 12.7. The molecule has 0 atom stereocenters. The molecule has 1 N–H and O–H groups in total. The first kappa shape index (κ1) is 15.3. The molecule has 23 heavy (non-hydrogen) atoms. The van der Waals surface area contributed by atoms with E-state index in [1.165, 1.54) is 0 Å². The number of thiophene rings is 1. The Bertz CT molecular complexity index is 747. The fraction of sp³-hybridized carbons (Fsp3) is 0.176. The summed E-state index contributed by atoms with van der Waals surface area (Å²) in [6, 6.07) is 13.5. The zero-order valence-corrected chi connectivity index (χ0v) is 13.5. The predicted molar refractivity (Wildman–Crippen MR) is 92.3 cm³/mol. The van der Waals surface area contributed by atoms with Crippen molar-refractivity contribution in [3.8, 4) is 22.1 Å². The standard InChI is InChI=1S/C17H17N3O2S/c1-21-14-5-2-3-6-15(14)22-11-10-19-17-18-9-8-13(20-17)16-7-4-12-23-16/h2-9,12H,10-11H2,1H3,(H,18,19,20). The highest BCUT2D eigenvalue weighted by molar-refractivity contribution is 7.13. The molecule has 118 valence electrons. The van der Waals surface area contributed by atoms with Crippen LogP contribution < -0.4 is 14.8 Å². The molecule has 2 aromatic heterocycles. The lowest BCUT2D eigenvalue weighted by Gasteiger charge is -2.11. The summed E-state index contributed by atoms with van der Waals surface area (Å²) >= 11 is 1.66. The van der Waals surface area contributed by atoms with Gasteiger partial charge in [0.15, 0.2) is 11.5 Å². The monoisotopic (exact) mass is 327 g/mol. The lowest BCUT2D eigenvalue weighted by Crippen LogP contribution is -2.13. The molecule has 5 nitrogen and oxygen atoms in total. The van der Waals surface area contributed by atoms with E-state index >= 15 is 0 Å². The second kappa shape index (κ2) is 7.60. The zero-order chi connectivity index (χ0) is 15.9. The first-order valence-corrected chi connectivity index (χ1v) is 8.11. The van der Waals surface area contributed by atoms with E-state index in [-0.39, 0.29) is 0 Å². The molecule has 0 aliphatic rings. The Morgan fingerprint density at radius 2 is 1.96 bits per heavy atom. The Balaban J connectivity index is 1.54. The Kier molecular flexibility index (Phi) is 5.06. The molecule has 0 bridgehead atoms. The molecule has 3 rings (SSSR count). The number of hydrogen-bond donors (Lipinski definition) is 1. The van der Waals surface area contributed by atoms with Gasteiger partial charge in [-0.2, -0.15) is 0 Å². The highest BCUT2D eigenvalue weighted by Crippen LogP contribution is 2.25. The van der Waals surface area contributed by atoms with Gasteiger partial charge in [0.05, 0.1) is 24.2 Å². The molecule has 0 radical (unpaired) electrons.